The molecule has 0 aromatic carbocycles. The van der Waals surface area contributed by atoms with Gasteiger partial charge >= 0.3 is 0 Å². The summed E-state index contributed by atoms with van der Waals surface area (Å²) in [4.78, 5) is 0. The molecular formula is C16H28N4O. The number of hydrogen-bond acceptors (Lipinski definition) is 4. The van der Waals surface area contributed by atoms with Crippen LogP contribution in [0.25, 0.3) is 0 Å². The maximum Gasteiger partial charge on any atom is 0.169 e. The monoisotopic (exact) mass is 292 g/mol. The minimum absolute atomic E-state index is 0.0361. The molecule has 1 spiro atoms. The standard InChI is InChI=1S/C16H28N4O/c1-15(2,3)13-14(17)18-19-20(13)12-7-10-21-16(11-12)8-5-4-6-9-16/h12H,4-11,17H2,1-3H3. The number of anilines is 1. The fourth-order valence-corrected chi connectivity index (χ4v) is 4.04. The van der Waals surface area contributed by atoms with Crippen LogP contribution in [-0.2, 0) is 10.2 Å². The first-order chi connectivity index (χ1) is 9.91. The summed E-state index contributed by atoms with van der Waals surface area (Å²) in [5, 5.41) is 8.51. The molecule has 21 heavy (non-hydrogen) atoms. The second-order valence-corrected chi connectivity index (χ2v) is 7.76. The van der Waals surface area contributed by atoms with E-state index in [0.717, 1.165) is 25.1 Å². The molecule has 5 nitrogen and oxygen atoms in total. The van der Waals surface area contributed by atoms with Gasteiger partial charge in [0.15, 0.2) is 5.82 Å². The van der Waals surface area contributed by atoms with Gasteiger partial charge in [-0.1, -0.05) is 45.2 Å². The van der Waals surface area contributed by atoms with Crippen LogP contribution in [0.15, 0.2) is 0 Å². The van der Waals surface area contributed by atoms with E-state index < -0.39 is 0 Å². The van der Waals surface area contributed by atoms with Crippen LogP contribution >= 0.6 is 0 Å². The Labute approximate surface area is 127 Å². The number of nitrogens with zero attached hydrogens (tertiary/aromatic N) is 3. The van der Waals surface area contributed by atoms with Gasteiger partial charge in [-0.25, -0.2) is 4.68 Å². The average molecular weight is 292 g/mol. The molecule has 1 aromatic heterocycles. The van der Waals surface area contributed by atoms with Crippen LogP contribution in [0.5, 0.6) is 0 Å². The van der Waals surface area contributed by atoms with Crippen molar-refractivity contribution in [2.75, 3.05) is 12.3 Å². The third-order valence-corrected chi connectivity index (χ3v) is 5.01. The van der Waals surface area contributed by atoms with E-state index >= 15 is 0 Å². The zero-order valence-electron chi connectivity index (χ0n) is 13.6. The molecule has 3 rings (SSSR count). The first kappa shape index (κ1) is 14.8. The SMILES string of the molecule is CC(C)(C)c1c(N)nnn1C1CCOC2(CCCCC2)C1. The largest absolute Gasteiger partial charge is 0.381 e. The van der Waals surface area contributed by atoms with Crippen LogP contribution in [0, 0.1) is 0 Å². The normalized spacial score (nSPS) is 26.1. The number of rotatable bonds is 1. The first-order valence-corrected chi connectivity index (χ1v) is 8.26. The molecule has 2 fully saturated rings. The predicted molar refractivity (Wildman–Crippen MR) is 83.2 cm³/mol. The highest BCUT2D eigenvalue weighted by atomic mass is 16.5. The lowest BCUT2D eigenvalue weighted by molar-refractivity contribution is -0.116. The van der Waals surface area contributed by atoms with Crippen molar-refractivity contribution in [2.24, 2.45) is 0 Å². The van der Waals surface area contributed by atoms with Gasteiger partial charge < -0.3 is 10.5 Å². The Kier molecular flexibility index (Phi) is 3.72. The topological polar surface area (TPSA) is 66.0 Å². The lowest BCUT2D eigenvalue weighted by atomic mass is 9.78. The Hall–Kier alpha value is -1.10. The fraction of sp³-hybridized carbons (Fsp3) is 0.875. The predicted octanol–water partition coefficient (Wildman–Crippen LogP) is 3.21. The van der Waals surface area contributed by atoms with Gasteiger partial charge in [-0.15, -0.1) is 5.10 Å². The zero-order valence-corrected chi connectivity index (χ0v) is 13.6. The number of nitrogen functional groups attached to an aromatic ring is 1. The molecule has 0 radical (unpaired) electrons. The van der Waals surface area contributed by atoms with Crippen molar-refractivity contribution in [3.8, 4) is 0 Å². The van der Waals surface area contributed by atoms with E-state index in [1.54, 1.807) is 0 Å². The smallest absolute Gasteiger partial charge is 0.169 e. The van der Waals surface area contributed by atoms with E-state index in [0.29, 0.717) is 11.9 Å². The molecule has 2 heterocycles. The molecule has 118 valence electrons. The first-order valence-electron chi connectivity index (χ1n) is 8.26. The lowest BCUT2D eigenvalue weighted by Crippen LogP contribution is -2.43. The Morgan fingerprint density at radius 1 is 1.24 bits per heavy atom. The molecule has 1 saturated heterocycles. The van der Waals surface area contributed by atoms with E-state index in [4.69, 9.17) is 10.5 Å². The Morgan fingerprint density at radius 2 is 1.95 bits per heavy atom. The number of aromatic nitrogens is 3. The average Bonchev–Trinajstić information content (AvgIpc) is 2.81. The molecule has 1 aliphatic heterocycles. The van der Waals surface area contributed by atoms with Crippen LogP contribution in [0.2, 0.25) is 0 Å². The maximum atomic E-state index is 6.20. The molecule has 0 amide bonds. The van der Waals surface area contributed by atoms with Crippen LogP contribution in [-0.4, -0.2) is 27.2 Å². The summed E-state index contributed by atoms with van der Waals surface area (Å²) in [5.74, 6) is 0.576. The van der Waals surface area contributed by atoms with E-state index in [1.807, 2.05) is 0 Å². The quantitative estimate of drug-likeness (QED) is 0.863. The van der Waals surface area contributed by atoms with Crippen molar-refractivity contribution in [3.63, 3.8) is 0 Å². The highest BCUT2D eigenvalue weighted by molar-refractivity contribution is 5.38. The molecule has 1 aliphatic carbocycles. The Balaban J connectivity index is 1.87. The molecule has 1 atom stereocenters. The van der Waals surface area contributed by atoms with E-state index in [2.05, 4.69) is 35.8 Å². The molecule has 1 unspecified atom stereocenters. The third-order valence-electron chi connectivity index (χ3n) is 5.01. The minimum Gasteiger partial charge on any atom is -0.381 e. The van der Waals surface area contributed by atoms with Crippen molar-refractivity contribution < 1.29 is 4.74 Å². The van der Waals surface area contributed by atoms with Gasteiger partial charge in [-0.3, -0.25) is 0 Å². The summed E-state index contributed by atoms with van der Waals surface area (Å²) >= 11 is 0. The molecule has 2 aliphatic rings. The van der Waals surface area contributed by atoms with Gasteiger partial charge in [0, 0.05) is 12.0 Å². The maximum absolute atomic E-state index is 6.20. The Bertz CT molecular complexity index is 491. The highest BCUT2D eigenvalue weighted by Gasteiger charge is 2.40. The van der Waals surface area contributed by atoms with Crippen LogP contribution in [0.1, 0.15) is 77.5 Å². The van der Waals surface area contributed by atoms with Crippen molar-refractivity contribution >= 4 is 5.82 Å². The third kappa shape index (κ3) is 2.80. The second kappa shape index (κ2) is 5.27. The summed E-state index contributed by atoms with van der Waals surface area (Å²) < 4.78 is 8.29. The molecule has 5 heteroatoms. The number of hydrogen-bond donors (Lipinski definition) is 1. The van der Waals surface area contributed by atoms with Crippen molar-refractivity contribution in [3.05, 3.63) is 5.69 Å². The van der Waals surface area contributed by atoms with Crippen LogP contribution in [0.4, 0.5) is 5.82 Å². The van der Waals surface area contributed by atoms with Gasteiger partial charge in [0.25, 0.3) is 0 Å². The minimum atomic E-state index is -0.0361. The molecule has 1 aromatic rings. The summed E-state index contributed by atoms with van der Waals surface area (Å²) in [6, 6.07) is 0.371. The highest BCUT2D eigenvalue weighted by Crippen LogP contribution is 2.43. The van der Waals surface area contributed by atoms with Gasteiger partial charge in [0.2, 0.25) is 0 Å². The Morgan fingerprint density at radius 3 is 2.62 bits per heavy atom. The van der Waals surface area contributed by atoms with Gasteiger partial charge in [0.05, 0.1) is 17.3 Å². The molecule has 0 bridgehead atoms. The van der Waals surface area contributed by atoms with Crippen LogP contribution < -0.4 is 5.73 Å². The van der Waals surface area contributed by atoms with Crippen molar-refractivity contribution in [1.29, 1.82) is 0 Å². The summed E-state index contributed by atoms with van der Waals surface area (Å²) in [7, 11) is 0. The summed E-state index contributed by atoms with van der Waals surface area (Å²) in [6.45, 7) is 7.35. The van der Waals surface area contributed by atoms with E-state index in [1.165, 1.54) is 32.1 Å². The van der Waals surface area contributed by atoms with Crippen LogP contribution in [0.3, 0.4) is 0 Å². The summed E-state index contributed by atoms with van der Waals surface area (Å²) in [5.41, 5.74) is 7.19. The van der Waals surface area contributed by atoms with Gasteiger partial charge in [-0.05, 0) is 25.7 Å². The lowest BCUT2D eigenvalue weighted by Gasteiger charge is -2.44. The van der Waals surface area contributed by atoms with E-state index in [9.17, 15) is 0 Å². The fourth-order valence-electron chi connectivity index (χ4n) is 4.04. The number of ether oxygens (including phenoxy) is 1. The number of nitrogens with two attached hydrogens (primary N) is 1. The molecule has 2 N–H and O–H groups in total. The zero-order chi connectivity index (χ0) is 15.1. The van der Waals surface area contributed by atoms with Gasteiger partial charge in [-0.2, -0.15) is 0 Å². The van der Waals surface area contributed by atoms with E-state index in [-0.39, 0.29) is 11.0 Å². The second-order valence-electron chi connectivity index (χ2n) is 7.76. The van der Waals surface area contributed by atoms with Gasteiger partial charge in [0.1, 0.15) is 0 Å². The molecule has 1 saturated carbocycles. The molecular weight excluding hydrogens is 264 g/mol. The van der Waals surface area contributed by atoms with Crippen molar-refractivity contribution in [1.82, 2.24) is 15.0 Å². The summed E-state index contributed by atoms with van der Waals surface area (Å²) in [6.07, 6.45) is 8.37. The van der Waals surface area contributed by atoms with Crippen molar-refractivity contribution in [2.45, 2.75) is 82.8 Å².